The number of nitrogens with zero attached hydrogens (tertiary/aromatic N) is 3. The Morgan fingerprint density at radius 2 is 2.29 bits per heavy atom. The molecule has 0 atom stereocenters. The van der Waals surface area contributed by atoms with Crippen molar-refractivity contribution >= 4 is 11.7 Å². The van der Waals surface area contributed by atoms with E-state index in [1.54, 1.807) is 4.90 Å². The number of nitrogen functional groups attached to an aromatic ring is 1. The Balaban J connectivity index is 2.15. The fraction of sp³-hybridized carbons (Fsp3) is 0.545. The highest BCUT2D eigenvalue weighted by Gasteiger charge is 2.29. The topological polar surface area (TPSA) is 92.3 Å². The highest BCUT2D eigenvalue weighted by atomic mass is 16.3. The van der Waals surface area contributed by atoms with E-state index in [-0.39, 0.29) is 30.1 Å². The average Bonchev–Trinajstić information content (AvgIpc) is 2.25. The van der Waals surface area contributed by atoms with Crippen LogP contribution in [0, 0.1) is 0 Å². The van der Waals surface area contributed by atoms with Crippen molar-refractivity contribution in [1.82, 2.24) is 14.9 Å². The lowest BCUT2D eigenvalue weighted by molar-refractivity contribution is 0.0519. The molecule has 6 nitrogen and oxygen atoms in total. The van der Waals surface area contributed by atoms with Crippen molar-refractivity contribution in [2.45, 2.75) is 25.3 Å². The maximum Gasteiger partial charge on any atom is 0.274 e. The molecule has 0 saturated heterocycles. The molecule has 1 aliphatic carbocycles. The second-order valence-corrected chi connectivity index (χ2v) is 4.14. The van der Waals surface area contributed by atoms with Crippen LogP contribution < -0.4 is 5.73 Å². The third-order valence-corrected chi connectivity index (χ3v) is 2.99. The van der Waals surface area contributed by atoms with E-state index >= 15 is 0 Å². The molecule has 1 aromatic heterocycles. The molecule has 1 fully saturated rings. The number of amides is 1. The number of hydrogen-bond acceptors (Lipinski definition) is 5. The second-order valence-electron chi connectivity index (χ2n) is 4.14. The van der Waals surface area contributed by atoms with Gasteiger partial charge in [-0.1, -0.05) is 0 Å². The van der Waals surface area contributed by atoms with E-state index in [1.165, 1.54) is 12.4 Å². The van der Waals surface area contributed by atoms with Gasteiger partial charge in [-0.15, -0.1) is 0 Å². The predicted molar refractivity (Wildman–Crippen MR) is 62.2 cm³/mol. The Labute approximate surface area is 99.5 Å². The molecular formula is C11H16N4O2. The van der Waals surface area contributed by atoms with Crippen LogP contribution in [0.2, 0.25) is 0 Å². The van der Waals surface area contributed by atoms with Gasteiger partial charge in [0.2, 0.25) is 0 Å². The van der Waals surface area contributed by atoms with Crippen molar-refractivity contribution in [1.29, 1.82) is 0 Å². The number of aliphatic hydroxyl groups is 1. The Bertz CT molecular complexity index is 406. The van der Waals surface area contributed by atoms with Crippen LogP contribution in [0.4, 0.5) is 5.82 Å². The number of nitrogens with two attached hydrogens (primary N) is 1. The van der Waals surface area contributed by atoms with Crippen LogP contribution in [0.3, 0.4) is 0 Å². The third kappa shape index (κ3) is 2.52. The molecule has 1 saturated carbocycles. The first-order valence-electron chi connectivity index (χ1n) is 5.71. The number of hydrogen-bond donors (Lipinski definition) is 2. The molecule has 0 bridgehead atoms. The maximum atomic E-state index is 12.2. The first kappa shape index (κ1) is 11.8. The number of aromatic nitrogens is 2. The number of rotatable bonds is 4. The molecule has 3 N–H and O–H groups in total. The largest absolute Gasteiger partial charge is 0.395 e. The summed E-state index contributed by atoms with van der Waals surface area (Å²) in [6, 6.07) is 0.220. The zero-order valence-corrected chi connectivity index (χ0v) is 9.54. The van der Waals surface area contributed by atoms with Gasteiger partial charge in [-0.05, 0) is 19.3 Å². The van der Waals surface area contributed by atoms with E-state index in [0.717, 1.165) is 19.3 Å². The van der Waals surface area contributed by atoms with Crippen molar-refractivity contribution in [2.24, 2.45) is 0 Å². The molecule has 6 heteroatoms. The molecule has 1 heterocycles. The normalized spacial score (nSPS) is 15.4. The van der Waals surface area contributed by atoms with Crippen LogP contribution in [-0.2, 0) is 0 Å². The lowest BCUT2D eigenvalue weighted by Crippen LogP contribution is -2.46. The Hall–Kier alpha value is -1.69. The molecule has 2 rings (SSSR count). The predicted octanol–water partition coefficient (Wildman–Crippen LogP) is 0.0458. The fourth-order valence-electron chi connectivity index (χ4n) is 1.89. The lowest BCUT2D eigenvalue weighted by atomic mass is 9.91. The van der Waals surface area contributed by atoms with Gasteiger partial charge in [0.05, 0.1) is 19.0 Å². The van der Waals surface area contributed by atoms with Gasteiger partial charge in [0, 0.05) is 12.6 Å². The minimum atomic E-state index is -0.205. The molecular weight excluding hydrogens is 220 g/mol. The first-order valence-corrected chi connectivity index (χ1v) is 5.71. The molecule has 1 aromatic rings. The molecule has 1 amide bonds. The van der Waals surface area contributed by atoms with Gasteiger partial charge in [0.15, 0.2) is 0 Å². The van der Waals surface area contributed by atoms with Gasteiger partial charge in [-0.25, -0.2) is 4.98 Å². The Morgan fingerprint density at radius 1 is 1.53 bits per heavy atom. The summed E-state index contributed by atoms with van der Waals surface area (Å²) >= 11 is 0. The smallest absolute Gasteiger partial charge is 0.274 e. The van der Waals surface area contributed by atoms with Gasteiger partial charge in [-0.2, -0.15) is 0 Å². The van der Waals surface area contributed by atoms with Crippen molar-refractivity contribution in [3.05, 3.63) is 18.1 Å². The van der Waals surface area contributed by atoms with Gasteiger partial charge in [0.25, 0.3) is 5.91 Å². The summed E-state index contributed by atoms with van der Waals surface area (Å²) < 4.78 is 0. The molecule has 0 aromatic carbocycles. The van der Waals surface area contributed by atoms with Crippen LogP contribution in [0.5, 0.6) is 0 Å². The molecule has 92 valence electrons. The quantitative estimate of drug-likeness (QED) is 0.770. The fourth-order valence-corrected chi connectivity index (χ4v) is 1.89. The summed E-state index contributed by atoms with van der Waals surface area (Å²) in [5.41, 5.74) is 5.74. The van der Waals surface area contributed by atoms with Gasteiger partial charge >= 0.3 is 0 Å². The minimum Gasteiger partial charge on any atom is -0.395 e. The van der Waals surface area contributed by atoms with Crippen LogP contribution >= 0.6 is 0 Å². The standard InChI is InChI=1S/C11H16N4O2/c12-10-7-13-6-9(14-10)11(17)15(4-5-16)8-2-1-3-8/h6-8,16H,1-5H2,(H2,12,14). The zero-order valence-electron chi connectivity index (χ0n) is 9.54. The van der Waals surface area contributed by atoms with Crippen LogP contribution in [-0.4, -0.2) is 45.1 Å². The maximum absolute atomic E-state index is 12.2. The SMILES string of the molecule is Nc1cncc(C(=O)N(CCO)C2CCC2)n1. The van der Waals surface area contributed by atoms with Crippen molar-refractivity contribution < 1.29 is 9.90 Å². The highest BCUT2D eigenvalue weighted by molar-refractivity contribution is 5.92. The highest BCUT2D eigenvalue weighted by Crippen LogP contribution is 2.25. The second kappa shape index (κ2) is 5.09. The van der Waals surface area contributed by atoms with Gasteiger partial charge < -0.3 is 15.7 Å². The number of carbonyl (C=O) groups is 1. The number of aliphatic hydroxyl groups excluding tert-OH is 1. The summed E-state index contributed by atoms with van der Waals surface area (Å²) in [4.78, 5) is 21.7. The zero-order chi connectivity index (χ0) is 12.3. The summed E-state index contributed by atoms with van der Waals surface area (Å²) in [5.74, 6) is 0.0250. The Morgan fingerprint density at radius 3 is 2.82 bits per heavy atom. The van der Waals surface area contributed by atoms with Crippen LogP contribution in [0.15, 0.2) is 12.4 Å². The monoisotopic (exact) mass is 236 g/mol. The Kier molecular flexibility index (Phi) is 3.53. The minimum absolute atomic E-state index is 0.0437. The van der Waals surface area contributed by atoms with E-state index in [1.807, 2.05) is 0 Å². The summed E-state index contributed by atoms with van der Waals surface area (Å²) in [5, 5.41) is 9.00. The van der Waals surface area contributed by atoms with E-state index in [2.05, 4.69) is 9.97 Å². The van der Waals surface area contributed by atoms with Crippen molar-refractivity contribution in [3.8, 4) is 0 Å². The van der Waals surface area contributed by atoms with Crippen LogP contribution in [0.25, 0.3) is 0 Å². The van der Waals surface area contributed by atoms with Crippen LogP contribution in [0.1, 0.15) is 29.8 Å². The molecule has 0 unspecified atom stereocenters. The van der Waals surface area contributed by atoms with E-state index in [0.29, 0.717) is 6.54 Å². The molecule has 17 heavy (non-hydrogen) atoms. The van der Waals surface area contributed by atoms with E-state index in [4.69, 9.17) is 10.8 Å². The molecule has 1 aliphatic rings. The third-order valence-electron chi connectivity index (χ3n) is 2.99. The van der Waals surface area contributed by atoms with Gasteiger partial charge in [-0.3, -0.25) is 9.78 Å². The van der Waals surface area contributed by atoms with E-state index < -0.39 is 0 Å². The summed E-state index contributed by atoms with van der Waals surface area (Å²) in [7, 11) is 0. The summed E-state index contributed by atoms with van der Waals surface area (Å²) in [6.07, 6.45) is 5.91. The van der Waals surface area contributed by atoms with Crippen molar-refractivity contribution in [2.75, 3.05) is 18.9 Å². The number of anilines is 1. The van der Waals surface area contributed by atoms with Crippen molar-refractivity contribution in [3.63, 3.8) is 0 Å². The van der Waals surface area contributed by atoms with E-state index in [9.17, 15) is 4.79 Å². The number of carbonyl (C=O) groups excluding carboxylic acids is 1. The van der Waals surface area contributed by atoms with Gasteiger partial charge in [0.1, 0.15) is 11.5 Å². The summed E-state index contributed by atoms with van der Waals surface area (Å²) in [6.45, 7) is 0.290. The lowest BCUT2D eigenvalue weighted by Gasteiger charge is -2.37. The molecule has 0 spiro atoms. The molecule has 0 radical (unpaired) electrons. The first-order chi connectivity index (χ1) is 8.22. The average molecular weight is 236 g/mol. The molecule has 0 aliphatic heterocycles.